The molecule has 1 atom stereocenters. The third kappa shape index (κ3) is 50.0. The zero-order chi connectivity index (χ0) is 44.9. The maximum absolute atomic E-state index is 12.6. The van der Waals surface area contributed by atoms with Crippen molar-refractivity contribution in [3.8, 4) is 0 Å². The first kappa shape index (κ1) is 59.3. The van der Waals surface area contributed by atoms with E-state index in [0.717, 1.165) is 64.2 Å². The van der Waals surface area contributed by atoms with Crippen LogP contribution >= 0.6 is 0 Å². The maximum atomic E-state index is 12.6. The largest absolute Gasteiger partial charge is 0.463 e. The van der Waals surface area contributed by atoms with Crippen molar-refractivity contribution in [1.29, 1.82) is 0 Å². The second-order valence-corrected chi connectivity index (χ2v) is 17.4. The highest BCUT2D eigenvalue weighted by Gasteiger charge is 2.16. The van der Waals surface area contributed by atoms with E-state index in [1.54, 1.807) is 0 Å². The highest BCUT2D eigenvalue weighted by molar-refractivity contribution is 5.70. The molecule has 5 nitrogen and oxygen atoms in total. The highest BCUT2D eigenvalue weighted by atomic mass is 16.6. The third-order valence-corrected chi connectivity index (χ3v) is 11.3. The molecule has 0 aliphatic heterocycles. The van der Waals surface area contributed by atoms with Crippen LogP contribution in [-0.2, 0) is 23.8 Å². The molecule has 0 unspecified atom stereocenters. The fraction of sp³-hybridized carbons (Fsp3) is 0.754. The first-order chi connectivity index (χ1) is 30.6. The maximum Gasteiger partial charge on any atom is 0.306 e. The zero-order valence-electron chi connectivity index (χ0n) is 41.1. The van der Waals surface area contributed by atoms with Crippen molar-refractivity contribution in [3.63, 3.8) is 0 Å². The van der Waals surface area contributed by atoms with Gasteiger partial charge in [0.2, 0.25) is 0 Å². The van der Waals surface area contributed by atoms with Gasteiger partial charge in [0.25, 0.3) is 0 Å². The Bertz CT molecular complexity index is 1110. The van der Waals surface area contributed by atoms with Gasteiger partial charge >= 0.3 is 11.9 Å². The topological polar surface area (TPSA) is 61.8 Å². The number of hydrogen-bond acceptors (Lipinski definition) is 5. The van der Waals surface area contributed by atoms with Gasteiger partial charge in [0.1, 0.15) is 19.3 Å². The second kappa shape index (κ2) is 52.7. The number of carbonyl (C=O) groups is 2. The van der Waals surface area contributed by atoms with Crippen molar-refractivity contribution < 1.29 is 23.8 Å². The number of allylic oxidation sites excluding steroid dienone is 12. The summed E-state index contributed by atoms with van der Waals surface area (Å²) in [6.07, 6.45) is 68.0. The summed E-state index contributed by atoms with van der Waals surface area (Å²) in [5.74, 6) is -0.422. The minimum absolute atomic E-state index is 0.118. The predicted molar refractivity (Wildman–Crippen MR) is 270 cm³/mol. The Morgan fingerprint density at radius 2 is 0.661 bits per heavy atom. The van der Waals surface area contributed by atoms with E-state index in [1.807, 2.05) is 6.08 Å². The molecule has 62 heavy (non-hydrogen) atoms. The second-order valence-electron chi connectivity index (χ2n) is 17.4. The summed E-state index contributed by atoms with van der Waals surface area (Å²) >= 11 is 0. The Kier molecular flexibility index (Phi) is 50.4. The third-order valence-electron chi connectivity index (χ3n) is 11.3. The van der Waals surface area contributed by atoms with Crippen LogP contribution in [0.25, 0.3) is 0 Å². The van der Waals surface area contributed by atoms with Gasteiger partial charge in [-0.3, -0.25) is 9.59 Å². The lowest BCUT2D eigenvalue weighted by Gasteiger charge is -2.18. The Balaban J connectivity index is 4.34. The molecule has 0 radical (unpaired) electrons. The minimum Gasteiger partial charge on any atom is -0.463 e. The fourth-order valence-corrected chi connectivity index (χ4v) is 7.33. The number of esters is 2. The van der Waals surface area contributed by atoms with Crippen LogP contribution in [0.5, 0.6) is 0 Å². The number of rotatable bonds is 48. The lowest BCUT2D eigenvalue weighted by Crippen LogP contribution is -2.29. The van der Waals surface area contributed by atoms with Crippen LogP contribution in [0.2, 0.25) is 0 Å². The van der Waals surface area contributed by atoms with Crippen molar-refractivity contribution >= 4 is 11.9 Å². The van der Waals surface area contributed by atoms with Crippen LogP contribution in [0.15, 0.2) is 72.9 Å². The molecule has 0 fully saturated rings. The summed E-state index contributed by atoms with van der Waals surface area (Å²) in [7, 11) is 0. The average Bonchev–Trinajstić information content (AvgIpc) is 3.28. The molecular formula is C57H100O5. The Labute approximate surface area is 385 Å². The molecule has 0 N–H and O–H groups in total. The summed E-state index contributed by atoms with van der Waals surface area (Å²) in [6.45, 7) is 7.55. The van der Waals surface area contributed by atoms with Crippen LogP contribution in [-0.4, -0.2) is 37.9 Å². The van der Waals surface area contributed by atoms with Crippen LogP contribution in [0, 0.1) is 0 Å². The highest BCUT2D eigenvalue weighted by Crippen LogP contribution is 2.15. The van der Waals surface area contributed by atoms with Gasteiger partial charge in [0, 0.05) is 19.4 Å². The molecule has 0 heterocycles. The molecule has 0 saturated heterocycles. The van der Waals surface area contributed by atoms with Gasteiger partial charge < -0.3 is 14.2 Å². The summed E-state index contributed by atoms with van der Waals surface area (Å²) in [5, 5.41) is 0. The molecule has 0 amide bonds. The van der Waals surface area contributed by atoms with E-state index in [-0.39, 0.29) is 25.2 Å². The van der Waals surface area contributed by atoms with Gasteiger partial charge in [-0.25, -0.2) is 0 Å². The zero-order valence-corrected chi connectivity index (χ0v) is 41.1. The van der Waals surface area contributed by atoms with E-state index in [4.69, 9.17) is 14.2 Å². The fourth-order valence-electron chi connectivity index (χ4n) is 7.33. The normalized spacial score (nSPS) is 12.8. The molecule has 0 aromatic carbocycles. The van der Waals surface area contributed by atoms with Gasteiger partial charge in [-0.05, 0) is 57.8 Å². The number of unbranched alkanes of at least 4 members (excludes halogenated alkanes) is 25. The minimum atomic E-state index is -0.428. The van der Waals surface area contributed by atoms with Crippen molar-refractivity contribution in [2.75, 3.05) is 19.8 Å². The molecule has 0 bridgehead atoms. The van der Waals surface area contributed by atoms with E-state index < -0.39 is 6.10 Å². The summed E-state index contributed by atoms with van der Waals surface area (Å²) < 4.78 is 17.4. The van der Waals surface area contributed by atoms with E-state index in [2.05, 4.69) is 87.6 Å². The summed E-state index contributed by atoms with van der Waals surface area (Å²) in [5.41, 5.74) is 0. The van der Waals surface area contributed by atoms with Gasteiger partial charge in [0.15, 0.2) is 0 Å². The van der Waals surface area contributed by atoms with Crippen molar-refractivity contribution in [3.05, 3.63) is 72.9 Å². The van der Waals surface area contributed by atoms with E-state index >= 15 is 0 Å². The van der Waals surface area contributed by atoms with Crippen LogP contribution in [0.3, 0.4) is 0 Å². The predicted octanol–water partition coefficient (Wildman–Crippen LogP) is 17.9. The van der Waals surface area contributed by atoms with Gasteiger partial charge in [-0.1, -0.05) is 254 Å². The lowest BCUT2D eigenvalue weighted by atomic mass is 10.0. The first-order valence-electron chi connectivity index (χ1n) is 26.5. The van der Waals surface area contributed by atoms with Gasteiger partial charge in [0.05, 0.1) is 0 Å². The first-order valence-corrected chi connectivity index (χ1v) is 26.5. The Morgan fingerprint density at radius 3 is 1.03 bits per heavy atom. The number of carbonyl (C=O) groups excluding carboxylic acids is 2. The average molecular weight is 865 g/mol. The lowest BCUT2D eigenvalue weighted by molar-refractivity contribution is -0.155. The van der Waals surface area contributed by atoms with Gasteiger partial charge in [-0.2, -0.15) is 0 Å². The molecule has 0 saturated carbocycles. The quantitative estimate of drug-likeness (QED) is 0.0346. The molecule has 358 valence electrons. The molecule has 0 aromatic heterocycles. The molecule has 0 aliphatic carbocycles. The van der Waals surface area contributed by atoms with Crippen LogP contribution < -0.4 is 0 Å². The molecular weight excluding hydrogens is 765 g/mol. The monoisotopic (exact) mass is 865 g/mol. The van der Waals surface area contributed by atoms with Crippen molar-refractivity contribution in [1.82, 2.24) is 0 Å². The Morgan fingerprint density at radius 1 is 0.355 bits per heavy atom. The van der Waals surface area contributed by atoms with Crippen molar-refractivity contribution in [2.45, 2.75) is 258 Å². The molecule has 5 heteroatoms. The summed E-state index contributed by atoms with van der Waals surface area (Å²) in [6, 6.07) is 0. The molecule has 0 aliphatic rings. The van der Waals surface area contributed by atoms with Gasteiger partial charge in [-0.15, -0.1) is 0 Å². The smallest absolute Gasteiger partial charge is 0.306 e. The number of hydrogen-bond donors (Lipinski definition) is 0. The van der Waals surface area contributed by atoms with E-state index in [1.165, 1.54) is 148 Å². The molecule has 0 spiro atoms. The molecule has 0 aromatic rings. The van der Waals surface area contributed by atoms with Crippen molar-refractivity contribution in [2.24, 2.45) is 0 Å². The molecule has 0 rings (SSSR count). The Hall–Kier alpha value is -2.66. The summed E-state index contributed by atoms with van der Waals surface area (Å²) in [4.78, 5) is 25.1. The van der Waals surface area contributed by atoms with E-state index in [9.17, 15) is 9.59 Å². The van der Waals surface area contributed by atoms with Crippen LogP contribution in [0.1, 0.15) is 252 Å². The number of ether oxygens (including phenoxy) is 3. The SMILES string of the molecule is CC/C=C\C/C=C\C/C=C\C/C=C\C/C=C\C/C=C\CCC(=O)OC[C@H](COC(=O)CCCCCCCCCCCCC)OCCCCCCCCCCCCCCCCCC. The van der Waals surface area contributed by atoms with Crippen LogP contribution in [0.4, 0.5) is 0 Å². The van der Waals surface area contributed by atoms with E-state index in [0.29, 0.717) is 25.9 Å². The standard InChI is InChI=1S/C57H100O5/c1-4-7-10-13-16-19-22-24-26-28-29-30-31-33-36-39-42-45-48-51-57(59)62-54-55(53-61-56(58)50-47-44-41-38-35-21-18-15-12-9-6-3)60-52-49-46-43-40-37-34-32-27-25-23-20-17-14-11-8-5-2/h7,10,16,19,24,26,29-30,33,36,42,45,55H,4-6,8-9,11-15,17-18,20-23,25,27-28,31-32,34-35,37-41,43-44,46-54H2,1-3H3/b10-7-,19-16-,26-24-,30-29-,36-33-,45-42-/t55-/m0/s1.